The minimum atomic E-state index is -2.93. The van der Waals surface area contributed by atoms with E-state index in [4.69, 9.17) is 27.5 Å². The Hall–Kier alpha value is -0.0231. The lowest BCUT2D eigenvalue weighted by atomic mass is 10.3. The minimum Gasteiger partial charge on any atom is -0.377 e. The fourth-order valence-corrected chi connectivity index (χ4v) is 4.12. The predicted octanol–water partition coefficient (Wildman–Crippen LogP) is 2.61. The van der Waals surface area contributed by atoms with Gasteiger partial charge in [-0.25, -0.2) is 0 Å². The van der Waals surface area contributed by atoms with E-state index in [0.717, 1.165) is 0 Å². The average Bonchev–Trinajstić information content (AvgIpc) is 2.38. The standard InChI is InChI=1S/C13H30O6Si/c1-8-16-13(17-9-2,18-10-3)19-20(14-6,15-7)11-12(4)5/h12H,8-11H2,1-7H3. The Kier molecular flexibility index (Phi) is 9.82. The molecule has 7 heteroatoms. The van der Waals surface area contributed by atoms with Crippen LogP contribution in [0.4, 0.5) is 0 Å². The van der Waals surface area contributed by atoms with Gasteiger partial charge in [0, 0.05) is 20.3 Å². The monoisotopic (exact) mass is 310 g/mol. The summed E-state index contributed by atoms with van der Waals surface area (Å²) < 4.78 is 33.8. The molecule has 0 aliphatic heterocycles. The van der Waals surface area contributed by atoms with Gasteiger partial charge in [0.1, 0.15) is 0 Å². The van der Waals surface area contributed by atoms with Crippen molar-refractivity contribution in [1.29, 1.82) is 0 Å². The zero-order chi connectivity index (χ0) is 15.6. The van der Waals surface area contributed by atoms with Gasteiger partial charge in [-0.05, 0) is 26.7 Å². The summed E-state index contributed by atoms with van der Waals surface area (Å²) in [6.45, 7) is 10.9. The van der Waals surface area contributed by atoms with Crippen molar-refractivity contribution in [3.05, 3.63) is 0 Å². The molecule has 0 radical (unpaired) electrons. The van der Waals surface area contributed by atoms with Gasteiger partial charge in [0.2, 0.25) is 0 Å². The summed E-state index contributed by atoms with van der Waals surface area (Å²) in [5.41, 5.74) is 0. The largest absolute Gasteiger partial charge is 0.506 e. The zero-order valence-electron chi connectivity index (χ0n) is 13.9. The lowest BCUT2D eigenvalue weighted by Gasteiger charge is -2.38. The van der Waals surface area contributed by atoms with Crippen LogP contribution >= 0.6 is 0 Å². The first-order valence-corrected chi connectivity index (χ1v) is 9.08. The predicted molar refractivity (Wildman–Crippen MR) is 78.1 cm³/mol. The van der Waals surface area contributed by atoms with Gasteiger partial charge in [0.25, 0.3) is 0 Å². The Morgan fingerprint density at radius 2 is 1.25 bits per heavy atom. The highest BCUT2D eigenvalue weighted by molar-refractivity contribution is 6.60. The van der Waals surface area contributed by atoms with Crippen LogP contribution < -0.4 is 0 Å². The smallest absolute Gasteiger partial charge is 0.377 e. The Bertz CT molecular complexity index is 228. The highest BCUT2D eigenvalue weighted by Gasteiger charge is 2.50. The molecule has 0 atom stereocenters. The van der Waals surface area contributed by atoms with Gasteiger partial charge < -0.3 is 23.1 Å². The maximum atomic E-state index is 5.98. The highest BCUT2D eigenvalue weighted by Crippen LogP contribution is 2.28. The van der Waals surface area contributed by atoms with Crippen LogP contribution in [0.1, 0.15) is 34.6 Å². The summed E-state index contributed by atoms with van der Waals surface area (Å²) in [6.07, 6.45) is -1.56. The molecule has 0 aliphatic rings. The Morgan fingerprint density at radius 1 is 0.850 bits per heavy atom. The van der Waals surface area contributed by atoms with Crippen molar-refractivity contribution >= 4 is 8.80 Å². The molecule has 0 aromatic carbocycles. The fraction of sp³-hybridized carbons (Fsp3) is 1.00. The molecule has 0 rings (SSSR count). The van der Waals surface area contributed by atoms with E-state index in [2.05, 4.69) is 13.8 Å². The first kappa shape index (κ1) is 20.0. The van der Waals surface area contributed by atoms with Gasteiger partial charge >= 0.3 is 15.0 Å². The van der Waals surface area contributed by atoms with E-state index >= 15 is 0 Å². The van der Waals surface area contributed by atoms with Gasteiger partial charge in [-0.2, -0.15) is 0 Å². The summed E-state index contributed by atoms with van der Waals surface area (Å²) in [5, 5.41) is 0. The molecule has 0 aromatic heterocycles. The number of hydrogen-bond donors (Lipinski definition) is 0. The topological polar surface area (TPSA) is 55.4 Å². The fourth-order valence-electron chi connectivity index (χ4n) is 1.81. The van der Waals surface area contributed by atoms with Crippen molar-refractivity contribution in [1.82, 2.24) is 0 Å². The van der Waals surface area contributed by atoms with Crippen LogP contribution in [0.15, 0.2) is 0 Å². The number of rotatable bonds is 12. The summed E-state index contributed by atoms with van der Waals surface area (Å²) in [5.74, 6) is 0.351. The van der Waals surface area contributed by atoms with E-state index in [1.807, 2.05) is 20.8 Å². The molecule has 0 unspecified atom stereocenters. The molecular weight excluding hydrogens is 280 g/mol. The molecule has 0 aliphatic carbocycles. The molecule has 122 valence electrons. The number of hydrogen-bond acceptors (Lipinski definition) is 6. The quantitative estimate of drug-likeness (QED) is 0.408. The zero-order valence-corrected chi connectivity index (χ0v) is 14.9. The Labute approximate surface area is 124 Å². The summed E-state index contributed by atoms with van der Waals surface area (Å²) >= 11 is 0. The molecule has 0 saturated heterocycles. The molecule has 0 spiro atoms. The van der Waals surface area contributed by atoms with Gasteiger partial charge in [-0.15, -0.1) is 0 Å². The SMILES string of the molecule is CCOC(OCC)(OCC)O[Si](CC(C)C)(OC)OC. The molecule has 0 N–H and O–H groups in total. The third-order valence-corrected chi connectivity index (χ3v) is 5.65. The van der Waals surface area contributed by atoms with Gasteiger partial charge in [-0.3, -0.25) is 4.43 Å². The second-order valence-electron chi connectivity index (χ2n) is 4.59. The van der Waals surface area contributed by atoms with Crippen molar-refractivity contribution in [2.45, 2.75) is 46.8 Å². The first-order valence-electron chi connectivity index (χ1n) is 7.15. The van der Waals surface area contributed by atoms with Crippen LogP contribution in [-0.4, -0.2) is 49.0 Å². The summed E-state index contributed by atoms with van der Waals surface area (Å²) in [4.78, 5) is 0. The number of ether oxygens (including phenoxy) is 3. The molecule has 0 heterocycles. The molecule has 0 fully saturated rings. The molecule has 6 nitrogen and oxygen atoms in total. The van der Waals surface area contributed by atoms with Gasteiger partial charge in [0.15, 0.2) is 0 Å². The van der Waals surface area contributed by atoms with E-state index < -0.39 is 15.0 Å². The van der Waals surface area contributed by atoms with E-state index in [-0.39, 0.29) is 0 Å². The lowest BCUT2D eigenvalue weighted by molar-refractivity contribution is -0.478. The molecule has 0 saturated carbocycles. The van der Waals surface area contributed by atoms with Crippen molar-refractivity contribution in [2.24, 2.45) is 5.92 Å². The third kappa shape index (κ3) is 6.17. The normalized spacial score (nSPS) is 13.2. The highest BCUT2D eigenvalue weighted by atomic mass is 28.4. The van der Waals surface area contributed by atoms with Gasteiger partial charge in [-0.1, -0.05) is 13.8 Å². The Balaban J connectivity index is 5.21. The van der Waals surface area contributed by atoms with E-state index in [0.29, 0.717) is 31.8 Å². The van der Waals surface area contributed by atoms with Crippen molar-refractivity contribution in [2.75, 3.05) is 34.0 Å². The van der Waals surface area contributed by atoms with Crippen LogP contribution in [0, 0.1) is 5.92 Å². The molecular formula is C13H30O6Si. The van der Waals surface area contributed by atoms with Crippen LogP contribution in [0.2, 0.25) is 6.04 Å². The Morgan fingerprint density at radius 3 is 1.50 bits per heavy atom. The second-order valence-corrected chi connectivity index (χ2v) is 7.39. The maximum absolute atomic E-state index is 5.98. The van der Waals surface area contributed by atoms with Crippen molar-refractivity contribution in [3.63, 3.8) is 0 Å². The first-order chi connectivity index (χ1) is 9.43. The van der Waals surface area contributed by atoms with Crippen molar-refractivity contribution in [3.8, 4) is 0 Å². The average molecular weight is 310 g/mol. The van der Waals surface area contributed by atoms with Crippen LogP contribution in [-0.2, 0) is 27.5 Å². The van der Waals surface area contributed by atoms with Crippen LogP contribution in [0.5, 0.6) is 0 Å². The molecule has 0 amide bonds. The second kappa shape index (κ2) is 9.83. The maximum Gasteiger partial charge on any atom is 0.506 e. The van der Waals surface area contributed by atoms with Crippen molar-refractivity contribution < 1.29 is 27.5 Å². The van der Waals surface area contributed by atoms with Crippen LogP contribution in [0.25, 0.3) is 0 Å². The lowest BCUT2D eigenvalue weighted by Crippen LogP contribution is -2.56. The molecule has 0 bridgehead atoms. The third-order valence-electron chi connectivity index (χ3n) is 2.52. The van der Waals surface area contributed by atoms with Gasteiger partial charge in [0.05, 0.1) is 19.8 Å². The molecule has 0 aromatic rings. The summed E-state index contributed by atoms with van der Waals surface area (Å²) in [7, 11) is 0.224. The molecule has 20 heavy (non-hydrogen) atoms. The van der Waals surface area contributed by atoms with Crippen LogP contribution in [0.3, 0.4) is 0 Å². The van der Waals surface area contributed by atoms with E-state index in [9.17, 15) is 0 Å². The minimum absolute atomic E-state index is 0.351. The summed E-state index contributed by atoms with van der Waals surface area (Å²) in [6, 6.07) is 0.648. The van der Waals surface area contributed by atoms with E-state index in [1.54, 1.807) is 14.2 Å². The van der Waals surface area contributed by atoms with E-state index in [1.165, 1.54) is 0 Å².